The van der Waals surface area contributed by atoms with E-state index < -0.39 is 0 Å². The average Bonchev–Trinajstić information content (AvgIpc) is 2.95. The van der Waals surface area contributed by atoms with Gasteiger partial charge >= 0.3 is 0 Å². The summed E-state index contributed by atoms with van der Waals surface area (Å²) in [6.45, 7) is 1.00. The van der Waals surface area contributed by atoms with Crippen molar-refractivity contribution >= 4 is 29.2 Å². The van der Waals surface area contributed by atoms with Crippen LogP contribution < -0.4 is 5.32 Å². The summed E-state index contributed by atoms with van der Waals surface area (Å²) in [7, 11) is 0. The summed E-state index contributed by atoms with van der Waals surface area (Å²) < 4.78 is 1.99. The molecule has 1 aliphatic rings. The van der Waals surface area contributed by atoms with Crippen molar-refractivity contribution in [1.82, 2.24) is 9.78 Å². The van der Waals surface area contributed by atoms with E-state index in [-0.39, 0.29) is 0 Å². The largest absolute Gasteiger partial charge is 0.369 e. The summed E-state index contributed by atoms with van der Waals surface area (Å²) in [5, 5.41) is 8.88. The van der Waals surface area contributed by atoms with Crippen LogP contribution in [0, 0.1) is 0 Å². The number of halogens is 1. The normalized spacial score (nSPS) is 13.4. The van der Waals surface area contributed by atoms with E-state index in [0.717, 1.165) is 35.2 Å². The summed E-state index contributed by atoms with van der Waals surface area (Å²) in [4.78, 5) is 0. The van der Waals surface area contributed by atoms with Crippen LogP contribution in [0.4, 0.5) is 5.82 Å². The Bertz CT molecular complexity index is 562. The Kier molecular flexibility index (Phi) is 3.22. The first kappa shape index (κ1) is 11.9. The van der Waals surface area contributed by atoms with E-state index >= 15 is 0 Å². The van der Waals surface area contributed by atoms with Crippen molar-refractivity contribution in [1.29, 1.82) is 0 Å². The minimum atomic E-state index is 0.750. The van der Waals surface area contributed by atoms with Gasteiger partial charge in [-0.15, -0.1) is 0 Å². The van der Waals surface area contributed by atoms with E-state index in [9.17, 15) is 0 Å². The van der Waals surface area contributed by atoms with Crippen molar-refractivity contribution in [3.05, 3.63) is 40.5 Å². The molecule has 2 aromatic rings. The molecule has 0 bridgehead atoms. The molecule has 2 heterocycles. The molecule has 18 heavy (non-hydrogen) atoms. The van der Waals surface area contributed by atoms with Gasteiger partial charge in [0.2, 0.25) is 0 Å². The predicted octanol–water partition coefficient (Wildman–Crippen LogP) is 3.36. The fourth-order valence-corrected chi connectivity index (χ4v) is 2.90. The zero-order valence-corrected chi connectivity index (χ0v) is 11.7. The summed E-state index contributed by atoms with van der Waals surface area (Å²) in [6.07, 6.45) is 3.18. The van der Waals surface area contributed by atoms with Crippen LogP contribution in [0.1, 0.15) is 11.3 Å². The van der Waals surface area contributed by atoms with Crippen LogP contribution in [0.2, 0.25) is 5.02 Å². The van der Waals surface area contributed by atoms with Gasteiger partial charge in [-0.2, -0.15) is 16.9 Å². The molecular formula is C13H14ClN3S. The van der Waals surface area contributed by atoms with E-state index in [1.54, 1.807) is 11.8 Å². The lowest BCUT2D eigenvalue weighted by Crippen LogP contribution is -2.04. The van der Waals surface area contributed by atoms with Gasteiger partial charge in [0.15, 0.2) is 0 Å². The van der Waals surface area contributed by atoms with Crippen molar-refractivity contribution in [3.63, 3.8) is 0 Å². The van der Waals surface area contributed by atoms with Gasteiger partial charge in [-0.3, -0.25) is 0 Å². The molecule has 3 nitrogen and oxygen atoms in total. The Labute approximate surface area is 116 Å². The highest BCUT2D eigenvalue weighted by Gasteiger charge is 2.22. The molecule has 1 aliphatic heterocycles. The fraction of sp³-hybridized carbons (Fsp3) is 0.308. The molecule has 3 rings (SSSR count). The third-order valence-corrected chi connectivity index (χ3v) is 3.90. The van der Waals surface area contributed by atoms with Gasteiger partial charge in [0.1, 0.15) is 5.82 Å². The van der Waals surface area contributed by atoms with Crippen LogP contribution >= 0.6 is 23.4 Å². The monoisotopic (exact) mass is 279 g/mol. The highest BCUT2D eigenvalue weighted by molar-refractivity contribution is 7.97. The molecule has 94 valence electrons. The second kappa shape index (κ2) is 4.86. The number of thioether (sulfide) groups is 1. The Morgan fingerprint density at radius 2 is 2.17 bits per heavy atom. The maximum absolute atomic E-state index is 5.92. The molecule has 1 aromatic carbocycles. The minimum Gasteiger partial charge on any atom is -0.369 e. The first-order valence-electron chi connectivity index (χ1n) is 5.89. The van der Waals surface area contributed by atoms with E-state index in [1.165, 1.54) is 11.3 Å². The first-order chi connectivity index (χ1) is 8.79. The summed E-state index contributed by atoms with van der Waals surface area (Å²) in [5.74, 6) is 2.10. The second-order valence-corrected chi connectivity index (χ2v) is 5.57. The molecule has 5 heteroatoms. The molecule has 0 unspecified atom stereocenters. The Morgan fingerprint density at radius 3 is 2.89 bits per heavy atom. The summed E-state index contributed by atoms with van der Waals surface area (Å²) in [5.41, 5.74) is 3.61. The van der Waals surface area contributed by atoms with Crippen LogP contribution in [0.5, 0.6) is 0 Å². The highest BCUT2D eigenvalue weighted by atomic mass is 35.5. The van der Waals surface area contributed by atoms with Gasteiger partial charge in [0, 0.05) is 22.9 Å². The van der Waals surface area contributed by atoms with Gasteiger partial charge in [-0.05, 0) is 36.9 Å². The standard InChI is InChI=1S/C13H14ClN3S/c1-18-8-12-11-6-7-15-13(11)17(16-12)10-4-2-9(14)3-5-10/h2-5,15H,6-8H2,1H3. The fourth-order valence-electron chi connectivity index (χ4n) is 2.27. The highest BCUT2D eigenvalue weighted by Crippen LogP contribution is 2.30. The summed E-state index contributed by atoms with van der Waals surface area (Å²) in [6, 6.07) is 7.79. The van der Waals surface area contributed by atoms with Crippen molar-refractivity contribution in [3.8, 4) is 5.69 Å². The number of nitrogens with zero attached hydrogens (tertiary/aromatic N) is 2. The molecule has 1 aromatic heterocycles. The van der Waals surface area contributed by atoms with E-state index in [4.69, 9.17) is 16.7 Å². The third-order valence-electron chi connectivity index (χ3n) is 3.09. The molecule has 0 spiro atoms. The predicted molar refractivity (Wildman–Crippen MR) is 78.0 cm³/mol. The van der Waals surface area contributed by atoms with E-state index in [1.807, 2.05) is 28.9 Å². The lowest BCUT2D eigenvalue weighted by molar-refractivity contribution is 0.853. The Morgan fingerprint density at radius 1 is 1.39 bits per heavy atom. The van der Waals surface area contributed by atoms with E-state index in [2.05, 4.69) is 11.6 Å². The number of rotatable bonds is 3. The third kappa shape index (κ3) is 1.99. The van der Waals surface area contributed by atoms with Gasteiger partial charge in [0.25, 0.3) is 0 Å². The first-order valence-corrected chi connectivity index (χ1v) is 7.66. The number of anilines is 1. The zero-order chi connectivity index (χ0) is 12.5. The number of hydrogen-bond donors (Lipinski definition) is 1. The van der Waals surface area contributed by atoms with Gasteiger partial charge in [0.05, 0.1) is 11.4 Å². The van der Waals surface area contributed by atoms with Crippen LogP contribution in [0.15, 0.2) is 24.3 Å². The lowest BCUT2D eigenvalue weighted by atomic mass is 10.2. The smallest absolute Gasteiger partial charge is 0.133 e. The van der Waals surface area contributed by atoms with Crippen LogP contribution in [-0.2, 0) is 12.2 Å². The SMILES string of the molecule is CSCc1nn(-c2ccc(Cl)cc2)c2c1CCN2. The summed E-state index contributed by atoms with van der Waals surface area (Å²) >= 11 is 7.73. The number of fused-ring (bicyclic) bond motifs is 1. The molecule has 0 fully saturated rings. The van der Waals surface area contributed by atoms with Crippen LogP contribution in [0.3, 0.4) is 0 Å². The molecule has 0 aliphatic carbocycles. The minimum absolute atomic E-state index is 0.750. The van der Waals surface area contributed by atoms with Crippen LogP contribution in [0.25, 0.3) is 5.69 Å². The molecule has 0 amide bonds. The van der Waals surface area contributed by atoms with Crippen molar-refractivity contribution in [2.45, 2.75) is 12.2 Å². The Hall–Kier alpha value is -1.13. The molecule has 0 saturated heterocycles. The average molecular weight is 280 g/mol. The zero-order valence-electron chi connectivity index (χ0n) is 10.1. The quantitative estimate of drug-likeness (QED) is 0.934. The number of aromatic nitrogens is 2. The lowest BCUT2D eigenvalue weighted by Gasteiger charge is -2.06. The van der Waals surface area contributed by atoms with Crippen molar-refractivity contribution < 1.29 is 0 Å². The number of benzene rings is 1. The molecule has 1 N–H and O–H groups in total. The topological polar surface area (TPSA) is 29.9 Å². The van der Waals surface area contributed by atoms with Crippen LogP contribution in [-0.4, -0.2) is 22.6 Å². The van der Waals surface area contributed by atoms with Crippen molar-refractivity contribution in [2.24, 2.45) is 0 Å². The molecule has 0 atom stereocenters. The number of nitrogens with one attached hydrogen (secondary N) is 1. The maximum Gasteiger partial charge on any atom is 0.133 e. The van der Waals surface area contributed by atoms with E-state index in [0.29, 0.717) is 0 Å². The molecule has 0 saturated carbocycles. The van der Waals surface area contributed by atoms with Crippen molar-refractivity contribution in [2.75, 3.05) is 18.1 Å². The number of hydrogen-bond acceptors (Lipinski definition) is 3. The molecular weight excluding hydrogens is 266 g/mol. The Balaban J connectivity index is 2.07. The van der Waals surface area contributed by atoms with Gasteiger partial charge in [-0.25, -0.2) is 4.68 Å². The van der Waals surface area contributed by atoms with Gasteiger partial charge in [-0.1, -0.05) is 11.6 Å². The van der Waals surface area contributed by atoms with Gasteiger partial charge < -0.3 is 5.32 Å². The maximum atomic E-state index is 5.92. The second-order valence-electron chi connectivity index (χ2n) is 4.27. The molecule has 0 radical (unpaired) electrons.